The summed E-state index contributed by atoms with van der Waals surface area (Å²) in [6.07, 6.45) is 0. The van der Waals surface area contributed by atoms with Crippen LogP contribution in [0, 0.1) is 11.3 Å². The summed E-state index contributed by atoms with van der Waals surface area (Å²) in [6, 6.07) is 19.8. The minimum Gasteiger partial charge on any atom is -0.466 e. The van der Waals surface area contributed by atoms with E-state index in [1.54, 1.807) is 0 Å². The average molecular weight is 414 g/mol. The van der Waals surface area contributed by atoms with Crippen molar-refractivity contribution in [2.24, 2.45) is 11.3 Å². The van der Waals surface area contributed by atoms with Gasteiger partial charge in [0.05, 0.1) is 24.3 Å². The van der Waals surface area contributed by atoms with E-state index in [1.165, 1.54) is 0 Å². The van der Waals surface area contributed by atoms with Crippen LogP contribution in [0.4, 0.5) is 5.69 Å². The molecule has 2 rings (SSSR count). The van der Waals surface area contributed by atoms with Gasteiger partial charge in [0.2, 0.25) is 8.32 Å². The van der Waals surface area contributed by atoms with Crippen LogP contribution < -0.4 is 5.06 Å². The van der Waals surface area contributed by atoms with Gasteiger partial charge in [-0.25, -0.2) is 0 Å². The van der Waals surface area contributed by atoms with Crippen molar-refractivity contribution in [3.05, 3.63) is 66.2 Å². The first-order valence-corrected chi connectivity index (χ1v) is 13.7. The van der Waals surface area contributed by atoms with E-state index in [0.717, 1.165) is 11.3 Å². The molecule has 0 aliphatic heterocycles. The molecule has 4 nitrogen and oxygen atoms in total. The summed E-state index contributed by atoms with van der Waals surface area (Å²) < 4.78 is 12.1. The van der Waals surface area contributed by atoms with Crippen molar-refractivity contribution < 1.29 is 14.1 Å². The fraction of sp³-hybridized carbons (Fsp3) is 0.458. The minimum atomic E-state index is -1.98. The first-order valence-electron chi connectivity index (χ1n) is 10.3. The molecule has 2 atom stereocenters. The number of ether oxygens (including phenoxy) is 1. The predicted molar refractivity (Wildman–Crippen MR) is 122 cm³/mol. The molecule has 0 heterocycles. The van der Waals surface area contributed by atoms with Crippen molar-refractivity contribution in [3.8, 4) is 0 Å². The third kappa shape index (κ3) is 6.44. The standard InChI is InChI=1S/C24H35NO3Si/c1-8-27-23(26)21(24(2,3)4)22(19-15-11-9-12-16-19)25(28-29(5,6)7)20-17-13-10-14-18-20/h9-18,21-22H,8H2,1-7H3. The number of carbonyl (C=O) groups excluding carboxylic acids is 1. The number of nitrogens with zero attached hydrogens (tertiary/aromatic N) is 1. The third-order valence-electron chi connectivity index (χ3n) is 4.57. The van der Waals surface area contributed by atoms with E-state index in [1.807, 2.05) is 60.5 Å². The average Bonchev–Trinajstić information content (AvgIpc) is 2.64. The van der Waals surface area contributed by atoms with E-state index in [4.69, 9.17) is 9.26 Å². The van der Waals surface area contributed by atoms with Gasteiger partial charge in [0.1, 0.15) is 0 Å². The van der Waals surface area contributed by atoms with Crippen LogP contribution in [0.1, 0.15) is 39.3 Å². The Morgan fingerprint density at radius 3 is 1.93 bits per heavy atom. The predicted octanol–water partition coefficient (Wildman–Crippen LogP) is 6.23. The number of rotatable bonds is 8. The number of hydrogen-bond donors (Lipinski definition) is 0. The van der Waals surface area contributed by atoms with E-state index in [-0.39, 0.29) is 17.4 Å². The smallest absolute Gasteiger partial charge is 0.312 e. The number of esters is 1. The van der Waals surface area contributed by atoms with Gasteiger partial charge in [-0.2, -0.15) is 0 Å². The van der Waals surface area contributed by atoms with E-state index >= 15 is 0 Å². The SMILES string of the molecule is CCOC(=O)C(C(c1ccccc1)N(O[Si](C)(C)C)c1ccccc1)C(C)(C)C. The Bertz CT molecular complexity index is 766. The van der Waals surface area contributed by atoms with Crippen LogP contribution in [-0.2, 0) is 14.1 Å². The number of benzene rings is 2. The molecule has 0 saturated carbocycles. The highest BCUT2D eigenvalue weighted by molar-refractivity contribution is 6.69. The molecule has 0 bridgehead atoms. The molecular formula is C24H35NO3Si. The molecule has 5 heteroatoms. The fourth-order valence-corrected chi connectivity index (χ4v) is 4.25. The maximum absolute atomic E-state index is 13.2. The topological polar surface area (TPSA) is 38.8 Å². The summed E-state index contributed by atoms with van der Waals surface area (Å²) in [6.45, 7) is 14.9. The maximum atomic E-state index is 13.2. The van der Waals surface area contributed by atoms with Gasteiger partial charge in [0.15, 0.2) is 0 Å². The van der Waals surface area contributed by atoms with Gasteiger partial charge >= 0.3 is 5.97 Å². The molecule has 2 aromatic carbocycles. The second kappa shape index (κ2) is 9.59. The molecular weight excluding hydrogens is 378 g/mol. The van der Waals surface area contributed by atoms with Crippen LogP contribution in [0.2, 0.25) is 19.6 Å². The molecule has 29 heavy (non-hydrogen) atoms. The van der Waals surface area contributed by atoms with Crippen molar-refractivity contribution in [2.45, 2.75) is 53.4 Å². The van der Waals surface area contributed by atoms with E-state index in [0.29, 0.717) is 6.61 Å². The zero-order valence-corrected chi connectivity index (χ0v) is 19.8. The number of hydroxylamine groups is 1. The van der Waals surface area contributed by atoms with Gasteiger partial charge < -0.3 is 9.26 Å². The van der Waals surface area contributed by atoms with Gasteiger partial charge in [-0.1, -0.05) is 69.3 Å². The number of hydrogen-bond acceptors (Lipinski definition) is 4. The summed E-state index contributed by atoms with van der Waals surface area (Å²) >= 11 is 0. The molecule has 0 fully saturated rings. The number of para-hydroxylation sites is 1. The molecule has 0 spiro atoms. The monoisotopic (exact) mass is 413 g/mol. The lowest BCUT2D eigenvalue weighted by atomic mass is 9.74. The Hall–Kier alpha value is -2.11. The van der Waals surface area contributed by atoms with Crippen LogP contribution in [0.15, 0.2) is 60.7 Å². The quantitative estimate of drug-likeness (QED) is 0.292. The fourth-order valence-electron chi connectivity index (χ4n) is 3.44. The minimum absolute atomic E-state index is 0.200. The highest BCUT2D eigenvalue weighted by Gasteiger charge is 2.44. The van der Waals surface area contributed by atoms with E-state index in [2.05, 4.69) is 52.5 Å². The zero-order valence-electron chi connectivity index (χ0n) is 18.8. The van der Waals surface area contributed by atoms with Gasteiger partial charge in [0.25, 0.3) is 0 Å². The lowest BCUT2D eigenvalue weighted by Gasteiger charge is -2.44. The Morgan fingerprint density at radius 2 is 1.48 bits per heavy atom. The molecule has 2 aromatic rings. The zero-order chi connectivity index (χ0) is 21.7. The van der Waals surface area contributed by atoms with Crippen molar-refractivity contribution in [2.75, 3.05) is 11.7 Å². The molecule has 0 aliphatic rings. The first-order chi connectivity index (χ1) is 13.5. The molecule has 2 unspecified atom stereocenters. The van der Waals surface area contributed by atoms with Crippen LogP contribution in [0.3, 0.4) is 0 Å². The summed E-state index contributed by atoms with van der Waals surface area (Å²) in [5.74, 6) is -0.615. The van der Waals surface area contributed by atoms with Gasteiger partial charge in [-0.15, -0.1) is 0 Å². The maximum Gasteiger partial charge on any atom is 0.312 e. The lowest BCUT2D eigenvalue weighted by Crippen LogP contribution is -2.47. The molecule has 0 aromatic heterocycles. The van der Waals surface area contributed by atoms with Gasteiger partial charge in [-0.05, 0) is 49.7 Å². The molecule has 0 aliphatic carbocycles. The van der Waals surface area contributed by atoms with Crippen molar-refractivity contribution in [1.82, 2.24) is 0 Å². The highest BCUT2D eigenvalue weighted by atomic mass is 28.4. The Labute approximate surface area is 176 Å². The Morgan fingerprint density at radius 1 is 0.966 bits per heavy atom. The van der Waals surface area contributed by atoms with Crippen LogP contribution >= 0.6 is 0 Å². The van der Waals surface area contributed by atoms with Crippen molar-refractivity contribution in [1.29, 1.82) is 0 Å². The molecule has 0 saturated heterocycles. The van der Waals surface area contributed by atoms with E-state index < -0.39 is 14.2 Å². The third-order valence-corrected chi connectivity index (χ3v) is 5.31. The van der Waals surface area contributed by atoms with Crippen molar-refractivity contribution >= 4 is 20.0 Å². The molecule has 0 amide bonds. The van der Waals surface area contributed by atoms with Crippen LogP contribution in [-0.4, -0.2) is 20.9 Å². The van der Waals surface area contributed by atoms with Crippen LogP contribution in [0.25, 0.3) is 0 Å². The largest absolute Gasteiger partial charge is 0.466 e. The molecule has 0 N–H and O–H groups in total. The van der Waals surface area contributed by atoms with E-state index in [9.17, 15) is 4.79 Å². The normalized spacial score (nSPS) is 14.2. The second-order valence-electron chi connectivity index (χ2n) is 9.32. The summed E-state index contributed by atoms with van der Waals surface area (Å²) in [4.78, 5) is 13.2. The molecule has 158 valence electrons. The molecule has 0 radical (unpaired) electrons. The second-order valence-corrected chi connectivity index (χ2v) is 13.7. The van der Waals surface area contributed by atoms with Gasteiger partial charge in [-0.3, -0.25) is 9.86 Å². The Balaban J connectivity index is 2.70. The van der Waals surface area contributed by atoms with Gasteiger partial charge in [0, 0.05) is 0 Å². The van der Waals surface area contributed by atoms with Crippen LogP contribution in [0.5, 0.6) is 0 Å². The summed E-state index contributed by atoms with van der Waals surface area (Å²) in [5, 5.41) is 1.95. The highest BCUT2D eigenvalue weighted by Crippen LogP contribution is 2.43. The number of carbonyl (C=O) groups is 1. The number of anilines is 1. The van der Waals surface area contributed by atoms with Crippen molar-refractivity contribution in [3.63, 3.8) is 0 Å². The summed E-state index contributed by atoms with van der Waals surface area (Å²) in [5.41, 5.74) is 1.63. The lowest BCUT2D eigenvalue weighted by molar-refractivity contribution is -0.154. The Kier molecular flexibility index (Phi) is 7.66. The first kappa shape index (κ1) is 23.2. The summed E-state index contributed by atoms with van der Waals surface area (Å²) in [7, 11) is -1.98.